The minimum Gasteiger partial charge on any atom is -0.348 e. The number of nitrogens with one attached hydrogen (secondary N) is 1. The first-order valence-corrected chi connectivity index (χ1v) is 13.7. The molecular weight excluding hydrogens is 511 g/mol. The Labute approximate surface area is 214 Å². The standard InChI is InChI=1S/C24H30F3N5O4S/c1-16(18-6-8-20(9-7-18)24(25,26)27)29-22(33)21-5-3-11-32(21)23(34)19-4-2-10-30(15-19)37(35,36)31-13-17(12-28)14-31/h6-9,16-17,19,21H,2-5,10-11,13-15H2,1H3,(H,29,33)/t16?,19-,21+/m0/s1. The smallest absolute Gasteiger partial charge is 0.348 e. The van der Waals surface area contributed by atoms with E-state index in [1.807, 2.05) is 6.07 Å². The van der Waals surface area contributed by atoms with Crippen LogP contribution in [-0.2, 0) is 26.0 Å². The van der Waals surface area contributed by atoms with E-state index >= 15 is 0 Å². The third-order valence-corrected chi connectivity index (χ3v) is 9.29. The van der Waals surface area contributed by atoms with Gasteiger partial charge < -0.3 is 10.2 Å². The van der Waals surface area contributed by atoms with Crippen molar-refractivity contribution in [3.05, 3.63) is 35.4 Å². The second-order valence-corrected chi connectivity index (χ2v) is 11.8. The Kier molecular flexibility index (Phi) is 7.83. The maximum atomic E-state index is 13.4. The summed E-state index contributed by atoms with van der Waals surface area (Å²) < 4.78 is 66.9. The zero-order valence-electron chi connectivity index (χ0n) is 20.4. The van der Waals surface area contributed by atoms with Crippen molar-refractivity contribution in [1.29, 1.82) is 5.26 Å². The molecule has 1 unspecified atom stereocenters. The molecule has 0 radical (unpaired) electrons. The van der Waals surface area contributed by atoms with Crippen LogP contribution in [0.2, 0.25) is 0 Å². The first kappa shape index (κ1) is 27.3. The zero-order valence-corrected chi connectivity index (χ0v) is 21.3. The molecule has 13 heteroatoms. The third kappa shape index (κ3) is 5.76. The molecule has 0 aromatic heterocycles. The molecule has 9 nitrogen and oxygen atoms in total. The molecule has 0 aliphatic carbocycles. The van der Waals surface area contributed by atoms with Crippen molar-refractivity contribution in [2.75, 3.05) is 32.7 Å². The minimum atomic E-state index is -4.45. The number of amides is 2. The van der Waals surface area contributed by atoms with E-state index in [1.54, 1.807) is 6.92 Å². The van der Waals surface area contributed by atoms with Gasteiger partial charge >= 0.3 is 6.18 Å². The van der Waals surface area contributed by atoms with E-state index in [0.717, 1.165) is 12.1 Å². The number of alkyl halides is 3. The number of carbonyl (C=O) groups excluding carboxylic acids is 2. The summed E-state index contributed by atoms with van der Waals surface area (Å²) in [6.07, 6.45) is -2.34. The van der Waals surface area contributed by atoms with Crippen LogP contribution < -0.4 is 5.32 Å². The van der Waals surface area contributed by atoms with Crippen LogP contribution in [0.1, 0.15) is 49.8 Å². The van der Waals surface area contributed by atoms with Crippen molar-refractivity contribution in [3.63, 3.8) is 0 Å². The van der Waals surface area contributed by atoms with Crippen LogP contribution in [-0.4, -0.2) is 72.5 Å². The lowest BCUT2D eigenvalue weighted by atomic mass is 9.97. The summed E-state index contributed by atoms with van der Waals surface area (Å²) in [6.45, 7) is 2.68. The van der Waals surface area contributed by atoms with Crippen LogP contribution in [0.5, 0.6) is 0 Å². The fourth-order valence-electron chi connectivity index (χ4n) is 5.12. The Hall–Kier alpha value is -2.69. The number of likely N-dealkylation sites (tertiary alicyclic amines) is 1. The number of benzene rings is 1. The molecule has 202 valence electrons. The molecule has 3 atom stereocenters. The van der Waals surface area contributed by atoms with Crippen LogP contribution in [0.25, 0.3) is 0 Å². The molecule has 3 saturated heterocycles. The number of piperidine rings is 1. The molecule has 3 aliphatic rings. The number of nitriles is 1. The highest BCUT2D eigenvalue weighted by molar-refractivity contribution is 7.86. The lowest BCUT2D eigenvalue weighted by Gasteiger charge is -2.41. The maximum Gasteiger partial charge on any atom is 0.416 e. The first-order chi connectivity index (χ1) is 17.4. The number of nitrogens with zero attached hydrogens (tertiary/aromatic N) is 4. The normalized spacial score (nSPS) is 24.8. The van der Waals surface area contributed by atoms with Gasteiger partial charge in [-0.1, -0.05) is 12.1 Å². The topological polar surface area (TPSA) is 114 Å². The molecule has 1 aromatic carbocycles. The SMILES string of the molecule is CC(NC(=O)[C@H]1CCCN1C(=O)[C@H]1CCCN(S(=O)(=O)N2CC(C#N)C2)C1)c1ccc(C(F)(F)F)cc1. The van der Waals surface area contributed by atoms with Crippen LogP contribution in [0.3, 0.4) is 0 Å². The van der Waals surface area contributed by atoms with Crippen molar-refractivity contribution in [2.45, 2.75) is 50.9 Å². The largest absolute Gasteiger partial charge is 0.416 e. The Morgan fingerprint density at radius 2 is 1.70 bits per heavy atom. The molecule has 0 saturated carbocycles. The van der Waals surface area contributed by atoms with E-state index in [4.69, 9.17) is 5.26 Å². The highest BCUT2D eigenvalue weighted by Crippen LogP contribution is 2.31. The van der Waals surface area contributed by atoms with E-state index in [0.29, 0.717) is 44.3 Å². The lowest BCUT2D eigenvalue weighted by Crippen LogP contribution is -2.57. The van der Waals surface area contributed by atoms with E-state index in [-0.39, 0.29) is 37.4 Å². The van der Waals surface area contributed by atoms with E-state index in [1.165, 1.54) is 25.6 Å². The molecule has 37 heavy (non-hydrogen) atoms. The van der Waals surface area contributed by atoms with Crippen LogP contribution in [0.15, 0.2) is 24.3 Å². The second kappa shape index (κ2) is 10.6. The molecule has 3 aliphatic heterocycles. The Morgan fingerprint density at radius 1 is 1.05 bits per heavy atom. The molecule has 4 rings (SSSR count). The Balaban J connectivity index is 1.37. The van der Waals surface area contributed by atoms with Gasteiger partial charge in [-0.05, 0) is 50.3 Å². The quantitative estimate of drug-likeness (QED) is 0.594. The zero-order chi connectivity index (χ0) is 27.0. The number of hydrogen-bond donors (Lipinski definition) is 1. The first-order valence-electron chi connectivity index (χ1n) is 12.3. The van der Waals surface area contributed by atoms with Gasteiger partial charge in [-0.2, -0.15) is 35.5 Å². The second-order valence-electron chi connectivity index (χ2n) is 9.89. The third-order valence-electron chi connectivity index (χ3n) is 7.35. The van der Waals surface area contributed by atoms with Crippen LogP contribution in [0.4, 0.5) is 13.2 Å². The number of rotatable bonds is 6. The number of hydrogen-bond acceptors (Lipinski definition) is 5. The van der Waals surface area contributed by atoms with Crippen molar-refractivity contribution >= 4 is 22.0 Å². The summed E-state index contributed by atoms with van der Waals surface area (Å²) in [7, 11) is -3.75. The van der Waals surface area contributed by atoms with Crippen molar-refractivity contribution in [3.8, 4) is 6.07 Å². The van der Waals surface area contributed by atoms with Crippen molar-refractivity contribution in [2.24, 2.45) is 11.8 Å². The molecule has 0 spiro atoms. The molecule has 2 amide bonds. The number of carbonyl (C=O) groups is 2. The van der Waals surface area contributed by atoms with E-state index in [9.17, 15) is 31.2 Å². The molecule has 0 bridgehead atoms. The van der Waals surface area contributed by atoms with Crippen LogP contribution in [0, 0.1) is 23.2 Å². The highest BCUT2D eigenvalue weighted by Gasteiger charge is 2.44. The molecule has 3 fully saturated rings. The van der Waals surface area contributed by atoms with Gasteiger partial charge in [0.2, 0.25) is 11.8 Å². The van der Waals surface area contributed by atoms with Gasteiger partial charge in [-0.3, -0.25) is 9.59 Å². The predicted molar refractivity (Wildman–Crippen MR) is 127 cm³/mol. The summed E-state index contributed by atoms with van der Waals surface area (Å²) in [6, 6.07) is 5.34. The molecular formula is C24H30F3N5O4S. The average molecular weight is 542 g/mol. The molecule has 3 heterocycles. The van der Waals surface area contributed by atoms with E-state index < -0.39 is 40.0 Å². The fraction of sp³-hybridized carbons (Fsp3) is 0.625. The molecule has 1 N–H and O–H groups in total. The summed E-state index contributed by atoms with van der Waals surface area (Å²) >= 11 is 0. The van der Waals surface area contributed by atoms with Crippen molar-refractivity contribution in [1.82, 2.24) is 18.8 Å². The van der Waals surface area contributed by atoms with Gasteiger partial charge in [-0.15, -0.1) is 0 Å². The van der Waals surface area contributed by atoms with Gasteiger partial charge in [0.05, 0.1) is 29.5 Å². The van der Waals surface area contributed by atoms with E-state index in [2.05, 4.69) is 5.32 Å². The lowest BCUT2D eigenvalue weighted by molar-refractivity contribution is -0.142. The number of halogens is 3. The van der Waals surface area contributed by atoms with Gasteiger partial charge in [0.1, 0.15) is 6.04 Å². The summed E-state index contributed by atoms with van der Waals surface area (Å²) in [5, 5.41) is 11.7. The summed E-state index contributed by atoms with van der Waals surface area (Å²) in [5.74, 6) is -1.54. The molecule has 1 aromatic rings. The van der Waals surface area contributed by atoms with Gasteiger partial charge in [-0.25, -0.2) is 0 Å². The summed E-state index contributed by atoms with van der Waals surface area (Å²) in [4.78, 5) is 27.9. The van der Waals surface area contributed by atoms with Crippen molar-refractivity contribution < 1.29 is 31.2 Å². The predicted octanol–water partition coefficient (Wildman–Crippen LogP) is 2.29. The summed E-state index contributed by atoms with van der Waals surface area (Å²) in [5.41, 5.74) is -0.264. The Bertz CT molecular complexity index is 1160. The average Bonchev–Trinajstić information content (AvgIpc) is 3.32. The van der Waals surface area contributed by atoms with Gasteiger partial charge in [0.15, 0.2) is 0 Å². The van der Waals surface area contributed by atoms with Crippen LogP contribution >= 0.6 is 0 Å². The minimum absolute atomic E-state index is 0.0294. The fourth-order valence-corrected chi connectivity index (χ4v) is 6.91. The van der Waals surface area contributed by atoms with Gasteiger partial charge in [0, 0.05) is 32.7 Å². The highest BCUT2D eigenvalue weighted by atomic mass is 32.2. The van der Waals surface area contributed by atoms with Gasteiger partial charge in [0.25, 0.3) is 10.2 Å². The monoisotopic (exact) mass is 541 g/mol. The maximum absolute atomic E-state index is 13.4. The Morgan fingerprint density at radius 3 is 2.32 bits per heavy atom.